The molecule has 2 bridgehead atoms. The highest BCUT2D eigenvalue weighted by molar-refractivity contribution is 7.89. The molecule has 0 amide bonds. The van der Waals surface area contributed by atoms with Crippen molar-refractivity contribution in [2.75, 3.05) is 18.0 Å². The highest BCUT2D eigenvalue weighted by Gasteiger charge is 2.51. The van der Waals surface area contributed by atoms with Crippen LogP contribution in [-0.4, -0.2) is 57.7 Å². The van der Waals surface area contributed by atoms with Crippen LogP contribution in [0, 0.1) is 20.8 Å². The standard InChI is InChI=1S/C19H22N6O2S/c1-12-4-5-17(13(2)8-12)28(26,27)25-15-9-16(25)11-23(10-15)19-7-6-18-21-20-14(3)24(18)22-19/h4-8,15-16H,9-11H2,1-3H3. The Morgan fingerprint density at radius 2 is 1.75 bits per heavy atom. The first kappa shape index (κ1) is 17.6. The van der Waals surface area contributed by atoms with Gasteiger partial charge < -0.3 is 4.90 Å². The van der Waals surface area contributed by atoms with Crippen LogP contribution in [-0.2, 0) is 10.0 Å². The molecule has 2 aromatic heterocycles. The quantitative estimate of drug-likeness (QED) is 0.668. The largest absolute Gasteiger partial charge is 0.352 e. The highest BCUT2D eigenvalue weighted by Crippen LogP contribution is 2.39. The fourth-order valence-corrected chi connectivity index (χ4v) is 6.44. The van der Waals surface area contributed by atoms with Gasteiger partial charge in [-0.1, -0.05) is 17.7 Å². The molecule has 0 N–H and O–H groups in total. The van der Waals surface area contributed by atoms with Gasteiger partial charge in [0.15, 0.2) is 11.5 Å². The summed E-state index contributed by atoms with van der Waals surface area (Å²) in [5.74, 6) is 1.56. The van der Waals surface area contributed by atoms with Crippen LogP contribution in [0.3, 0.4) is 0 Å². The summed E-state index contributed by atoms with van der Waals surface area (Å²) in [5, 5.41) is 12.7. The number of aromatic nitrogens is 4. The molecule has 9 heteroatoms. The van der Waals surface area contributed by atoms with Crippen molar-refractivity contribution in [2.45, 2.75) is 44.2 Å². The second-order valence-electron chi connectivity index (χ2n) is 7.76. The zero-order valence-corrected chi connectivity index (χ0v) is 16.9. The third-order valence-electron chi connectivity index (χ3n) is 5.74. The van der Waals surface area contributed by atoms with Crippen LogP contribution in [0.1, 0.15) is 23.4 Å². The Morgan fingerprint density at radius 3 is 2.46 bits per heavy atom. The molecule has 3 aliphatic rings. The second kappa shape index (κ2) is 5.99. The van der Waals surface area contributed by atoms with Crippen LogP contribution < -0.4 is 4.90 Å². The maximum atomic E-state index is 13.3. The summed E-state index contributed by atoms with van der Waals surface area (Å²) in [7, 11) is -3.49. The topological polar surface area (TPSA) is 83.7 Å². The van der Waals surface area contributed by atoms with Crippen molar-refractivity contribution < 1.29 is 8.42 Å². The minimum absolute atomic E-state index is 0.0241. The number of fused-ring (bicyclic) bond motifs is 3. The van der Waals surface area contributed by atoms with Gasteiger partial charge in [-0.3, -0.25) is 0 Å². The number of piperidine rings is 1. The molecular weight excluding hydrogens is 376 g/mol. The van der Waals surface area contributed by atoms with E-state index in [2.05, 4.69) is 20.2 Å². The summed E-state index contributed by atoms with van der Waals surface area (Å²) in [6, 6.07) is 9.30. The van der Waals surface area contributed by atoms with E-state index < -0.39 is 10.0 Å². The molecule has 3 saturated heterocycles. The van der Waals surface area contributed by atoms with Gasteiger partial charge in [-0.25, -0.2) is 8.42 Å². The molecule has 3 aliphatic heterocycles. The molecule has 6 rings (SSSR count). The highest BCUT2D eigenvalue weighted by atomic mass is 32.2. The fraction of sp³-hybridized carbons (Fsp3) is 0.421. The summed E-state index contributed by atoms with van der Waals surface area (Å²) in [6.45, 7) is 6.98. The van der Waals surface area contributed by atoms with E-state index in [1.807, 2.05) is 45.0 Å². The van der Waals surface area contributed by atoms with E-state index in [4.69, 9.17) is 0 Å². The van der Waals surface area contributed by atoms with Crippen molar-refractivity contribution in [3.8, 4) is 0 Å². The molecule has 2 unspecified atom stereocenters. The molecule has 3 fully saturated rings. The van der Waals surface area contributed by atoms with E-state index >= 15 is 0 Å². The van der Waals surface area contributed by atoms with Crippen LogP contribution in [0.15, 0.2) is 35.2 Å². The monoisotopic (exact) mass is 398 g/mol. The number of anilines is 1. The Labute approximate surface area is 163 Å². The average Bonchev–Trinajstić information content (AvgIpc) is 3.01. The van der Waals surface area contributed by atoms with Gasteiger partial charge in [0.25, 0.3) is 0 Å². The lowest BCUT2D eigenvalue weighted by Crippen LogP contribution is -2.70. The predicted octanol–water partition coefficient (Wildman–Crippen LogP) is 1.70. The number of nitrogens with zero attached hydrogens (tertiary/aromatic N) is 6. The Morgan fingerprint density at radius 1 is 1.00 bits per heavy atom. The van der Waals surface area contributed by atoms with Crippen LogP contribution in [0.4, 0.5) is 5.82 Å². The number of hydrogen-bond acceptors (Lipinski definition) is 6. The Bertz CT molecular complexity index is 1180. The number of aryl methyl sites for hydroxylation is 3. The van der Waals surface area contributed by atoms with Gasteiger partial charge in [0.1, 0.15) is 5.82 Å². The first-order chi connectivity index (χ1) is 13.3. The molecule has 28 heavy (non-hydrogen) atoms. The van der Waals surface area contributed by atoms with Gasteiger partial charge in [-0.15, -0.1) is 15.3 Å². The number of sulfonamides is 1. The number of piperazine rings is 1. The van der Waals surface area contributed by atoms with E-state index in [9.17, 15) is 8.42 Å². The van der Waals surface area contributed by atoms with Gasteiger partial charge in [0.05, 0.1) is 4.90 Å². The van der Waals surface area contributed by atoms with E-state index in [0.29, 0.717) is 23.6 Å². The zero-order chi connectivity index (χ0) is 19.6. The van der Waals surface area contributed by atoms with Crippen LogP contribution >= 0.6 is 0 Å². The Kier molecular flexibility index (Phi) is 3.76. The van der Waals surface area contributed by atoms with E-state index in [1.54, 1.807) is 14.9 Å². The summed E-state index contributed by atoms with van der Waals surface area (Å²) in [4.78, 5) is 2.58. The third-order valence-corrected chi connectivity index (χ3v) is 7.91. The minimum Gasteiger partial charge on any atom is -0.352 e. The van der Waals surface area contributed by atoms with Gasteiger partial charge in [0, 0.05) is 25.2 Å². The van der Waals surface area contributed by atoms with E-state index in [0.717, 1.165) is 29.2 Å². The molecule has 146 valence electrons. The Balaban J connectivity index is 1.41. The average molecular weight is 398 g/mol. The van der Waals surface area contributed by atoms with E-state index in [-0.39, 0.29) is 12.1 Å². The van der Waals surface area contributed by atoms with Gasteiger partial charge >= 0.3 is 0 Å². The molecule has 0 saturated carbocycles. The fourth-order valence-electron chi connectivity index (χ4n) is 4.41. The summed E-state index contributed by atoms with van der Waals surface area (Å²) in [6.07, 6.45) is 0.897. The molecule has 5 heterocycles. The summed E-state index contributed by atoms with van der Waals surface area (Å²) < 4.78 is 29.9. The van der Waals surface area contributed by atoms with Crippen molar-refractivity contribution in [1.29, 1.82) is 0 Å². The maximum absolute atomic E-state index is 13.3. The molecular formula is C19H22N6O2S. The first-order valence-corrected chi connectivity index (χ1v) is 10.8. The minimum atomic E-state index is -3.49. The number of rotatable bonds is 3. The van der Waals surface area contributed by atoms with Crippen molar-refractivity contribution in [2.24, 2.45) is 0 Å². The SMILES string of the molecule is Cc1ccc(S(=O)(=O)N2C3CC2CN(c2ccc4nnc(C)n4n2)C3)c(C)c1. The normalized spacial score (nSPS) is 22.5. The van der Waals surface area contributed by atoms with Crippen LogP contribution in [0.25, 0.3) is 5.65 Å². The lowest BCUT2D eigenvalue weighted by molar-refractivity contribution is 0.0873. The van der Waals surface area contributed by atoms with Crippen molar-refractivity contribution in [3.05, 3.63) is 47.3 Å². The summed E-state index contributed by atoms with van der Waals surface area (Å²) in [5.41, 5.74) is 2.58. The van der Waals surface area contributed by atoms with Gasteiger partial charge in [-0.05, 0) is 51.0 Å². The van der Waals surface area contributed by atoms with Gasteiger partial charge in [0.2, 0.25) is 10.0 Å². The van der Waals surface area contributed by atoms with E-state index in [1.165, 1.54) is 0 Å². The lowest BCUT2D eigenvalue weighted by atomic mass is 9.91. The summed E-state index contributed by atoms with van der Waals surface area (Å²) >= 11 is 0. The third kappa shape index (κ3) is 2.53. The molecule has 1 aromatic carbocycles. The van der Waals surface area contributed by atoms with Gasteiger partial charge in [-0.2, -0.15) is 8.82 Å². The van der Waals surface area contributed by atoms with Crippen LogP contribution in [0.5, 0.6) is 0 Å². The van der Waals surface area contributed by atoms with Crippen molar-refractivity contribution in [1.82, 2.24) is 24.1 Å². The van der Waals surface area contributed by atoms with Crippen molar-refractivity contribution >= 4 is 21.5 Å². The first-order valence-electron chi connectivity index (χ1n) is 9.39. The molecule has 0 radical (unpaired) electrons. The van der Waals surface area contributed by atoms with Crippen LogP contribution in [0.2, 0.25) is 0 Å². The number of benzene rings is 1. The molecule has 0 spiro atoms. The smallest absolute Gasteiger partial charge is 0.243 e. The second-order valence-corrected chi connectivity index (χ2v) is 9.57. The maximum Gasteiger partial charge on any atom is 0.243 e. The Hall–Kier alpha value is -2.52. The zero-order valence-electron chi connectivity index (χ0n) is 16.1. The number of hydrogen-bond donors (Lipinski definition) is 0. The van der Waals surface area contributed by atoms with Crippen molar-refractivity contribution in [3.63, 3.8) is 0 Å². The predicted molar refractivity (Wildman–Crippen MR) is 105 cm³/mol. The molecule has 3 aromatic rings. The molecule has 8 nitrogen and oxygen atoms in total. The molecule has 2 atom stereocenters. The molecule has 0 aliphatic carbocycles. The lowest BCUT2D eigenvalue weighted by Gasteiger charge is -2.55.